The predicted molar refractivity (Wildman–Crippen MR) is 64.1 cm³/mol. The van der Waals surface area contributed by atoms with Crippen molar-refractivity contribution in [3.05, 3.63) is 0 Å². The molecule has 0 aromatic heterocycles. The highest BCUT2D eigenvalue weighted by Crippen LogP contribution is 2.27. The summed E-state index contributed by atoms with van der Waals surface area (Å²) in [5.74, 6) is -0.273. The molecule has 2 N–H and O–H groups in total. The molecule has 0 amide bonds. The van der Waals surface area contributed by atoms with Crippen LogP contribution in [0.4, 0.5) is 0 Å². The van der Waals surface area contributed by atoms with Gasteiger partial charge in [0.2, 0.25) is 0 Å². The Labute approximate surface area is 98.1 Å². The van der Waals surface area contributed by atoms with Gasteiger partial charge in [-0.3, -0.25) is 9.69 Å². The van der Waals surface area contributed by atoms with Crippen LogP contribution in [0.2, 0.25) is 0 Å². The fraction of sp³-hybridized carbons (Fsp3) is 0.917. The Morgan fingerprint density at radius 2 is 2.19 bits per heavy atom. The molecule has 0 aromatic carbocycles. The summed E-state index contributed by atoms with van der Waals surface area (Å²) in [6.45, 7) is 6.08. The van der Waals surface area contributed by atoms with E-state index in [0.29, 0.717) is 19.2 Å². The molecule has 1 fully saturated rings. The molecule has 4 nitrogen and oxygen atoms in total. The molecule has 0 bridgehead atoms. The molecule has 1 aliphatic rings. The van der Waals surface area contributed by atoms with Crippen LogP contribution in [0.3, 0.4) is 0 Å². The maximum absolute atomic E-state index is 11.4. The van der Waals surface area contributed by atoms with Crippen LogP contribution in [-0.4, -0.2) is 42.6 Å². The van der Waals surface area contributed by atoms with E-state index < -0.39 is 6.04 Å². The fourth-order valence-corrected chi connectivity index (χ4v) is 1.80. The monoisotopic (exact) mass is 228 g/mol. The van der Waals surface area contributed by atoms with Gasteiger partial charge in [-0.2, -0.15) is 0 Å². The van der Waals surface area contributed by atoms with Gasteiger partial charge >= 0.3 is 5.97 Å². The topological polar surface area (TPSA) is 55.6 Å². The van der Waals surface area contributed by atoms with Gasteiger partial charge in [-0.15, -0.1) is 0 Å². The fourth-order valence-electron chi connectivity index (χ4n) is 1.80. The Bertz CT molecular complexity index is 217. The normalized spacial score (nSPS) is 17.5. The molecular formula is C12H24N2O2. The number of nitrogens with two attached hydrogens (primary N) is 1. The lowest BCUT2D eigenvalue weighted by atomic mass is 10.2. The van der Waals surface area contributed by atoms with Crippen molar-refractivity contribution in [1.29, 1.82) is 0 Å². The van der Waals surface area contributed by atoms with Crippen LogP contribution in [-0.2, 0) is 9.53 Å². The lowest BCUT2D eigenvalue weighted by Gasteiger charge is -2.24. The molecule has 0 saturated heterocycles. The minimum atomic E-state index is -0.489. The van der Waals surface area contributed by atoms with E-state index in [1.165, 1.54) is 25.7 Å². The second kappa shape index (κ2) is 6.86. The molecule has 0 aliphatic heterocycles. The van der Waals surface area contributed by atoms with Gasteiger partial charge in [-0.1, -0.05) is 13.3 Å². The quantitative estimate of drug-likeness (QED) is 0.633. The molecule has 4 heteroatoms. The van der Waals surface area contributed by atoms with Gasteiger partial charge in [0.05, 0.1) is 6.61 Å². The molecule has 0 aromatic rings. The van der Waals surface area contributed by atoms with Gasteiger partial charge in [-0.05, 0) is 32.7 Å². The molecule has 1 saturated carbocycles. The average Bonchev–Trinajstić information content (AvgIpc) is 3.08. The highest BCUT2D eigenvalue weighted by atomic mass is 16.5. The zero-order valence-electron chi connectivity index (χ0n) is 10.4. The van der Waals surface area contributed by atoms with Gasteiger partial charge in [0, 0.05) is 12.6 Å². The summed E-state index contributed by atoms with van der Waals surface area (Å²) >= 11 is 0. The smallest absolute Gasteiger partial charge is 0.324 e. The number of esters is 1. The Morgan fingerprint density at radius 3 is 2.69 bits per heavy atom. The summed E-state index contributed by atoms with van der Waals surface area (Å²) < 4.78 is 4.92. The van der Waals surface area contributed by atoms with Crippen molar-refractivity contribution in [1.82, 2.24) is 4.90 Å². The Morgan fingerprint density at radius 1 is 1.50 bits per heavy atom. The van der Waals surface area contributed by atoms with Crippen LogP contribution in [0, 0.1) is 0 Å². The molecule has 1 rings (SSSR count). The molecule has 0 radical (unpaired) electrons. The maximum Gasteiger partial charge on any atom is 0.324 e. The van der Waals surface area contributed by atoms with Crippen molar-refractivity contribution < 1.29 is 9.53 Å². The first kappa shape index (κ1) is 13.5. The van der Waals surface area contributed by atoms with E-state index in [1.54, 1.807) is 6.92 Å². The maximum atomic E-state index is 11.4. The summed E-state index contributed by atoms with van der Waals surface area (Å²) in [5, 5.41) is 0. The number of hydrogen-bond donors (Lipinski definition) is 1. The highest BCUT2D eigenvalue weighted by Gasteiger charge is 2.31. The van der Waals surface area contributed by atoms with E-state index in [4.69, 9.17) is 10.5 Å². The minimum Gasteiger partial charge on any atom is -0.465 e. The van der Waals surface area contributed by atoms with Crippen molar-refractivity contribution in [3.8, 4) is 0 Å². The van der Waals surface area contributed by atoms with E-state index in [1.807, 2.05) is 0 Å². The Balaban J connectivity index is 2.32. The second-order valence-corrected chi connectivity index (χ2v) is 4.44. The van der Waals surface area contributed by atoms with E-state index in [2.05, 4.69) is 11.8 Å². The molecule has 0 heterocycles. The number of hydrogen-bond acceptors (Lipinski definition) is 4. The molecule has 94 valence electrons. The van der Waals surface area contributed by atoms with Gasteiger partial charge in [0.1, 0.15) is 6.04 Å². The Kier molecular flexibility index (Phi) is 5.77. The molecule has 0 spiro atoms. The SMILES string of the molecule is CCCCN(CC(N)C(=O)OCC)C1CC1. The minimum absolute atomic E-state index is 0.273. The second-order valence-electron chi connectivity index (χ2n) is 4.44. The molecule has 1 atom stereocenters. The van der Waals surface area contributed by atoms with Crippen molar-refractivity contribution in [3.63, 3.8) is 0 Å². The first-order valence-electron chi connectivity index (χ1n) is 6.35. The lowest BCUT2D eigenvalue weighted by molar-refractivity contribution is -0.145. The third-order valence-electron chi connectivity index (χ3n) is 2.88. The first-order valence-corrected chi connectivity index (χ1v) is 6.35. The Hall–Kier alpha value is -0.610. The van der Waals surface area contributed by atoms with Gasteiger partial charge in [0.15, 0.2) is 0 Å². The van der Waals surface area contributed by atoms with Crippen LogP contribution in [0.15, 0.2) is 0 Å². The van der Waals surface area contributed by atoms with Crippen LogP contribution in [0.1, 0.15) is 39.5 Å². The summed E-state index contributed by atoms with van der Waals surface area (Å²) in [7, 11) is 0. The van der Waals surface area contributed by atoms with Crippen molar-refractivity contribution >= 4 is 5.97 Å². The predicted octanol–water partition coefficient (Wildman–Crippen LogP) is 1.14. The van der Waals surface area contributed by atoms with Crippen LogP contribution >= 0.6 is 0 Å². The van der Waals surface area contributed by atoms with E-state index >= 15 is 0 Å². The van der Waals surface area contributed by atoms with Crippen molar-refractivity contribution in [2.24, 2.45) is 5.73 Å². The summed E-state index contributed by atoms with van der Waals surface area (Å²) in [4.78, 5) is 13.8. The number of ether oxygens (including phenoxy) is 1. The van der Waals surface area contributed by atoms with Gasteiger partial charge in [-0.25, -0.2) is 0 Å². The third kappa shape index (κ3) is 4.49. The molecule has 1 aliphatic carbocycles. The van der Waals surface area contributed by atoms with Gasteiger partial charge < -0.3 is 10.5 Å². The first-order chi connectivity index (χ1) is 7.69. The van der Waals surface area contributed by atoms with E-state index in [9.17, 15) is 4.79 Å². The van der Waals surface area contributed by atoms with E-state index in [-0.39, 0.29) is 5.97 Å². The van der Waals surface area contributed by atoms with Crippen LogP contribution in [0.5, 0.6) is 0 Å². The van der Waals surface area contributed by atoms with E-state index in [0.717, 1.165) is 6.54 Å². The number of carbonyl (C=O) groups is 1. The lowest BCUT2D eigenvalue weighted by Crippen LogP contribution is -2.44. The third-order valence-corrected chi connectivity index (χ3v) is 2.88. The van der Waals surface area contributed by atoms with Gasteiger partial charge in [0.25, 0.3) is 0 Å². The number of unbranched alkanes of at least 4 members (excludes halogenated alkanes) is 1. The van der Waals surface area contributed by atoms with Crippen molar-refractivity contribution in [2.75, 3.05) is 19.7 Å². The highest BCUT2D eigenvalue weighted by molar-refractivity contribution is 5.75. The largest absolute Gasteiger partial charge is 0.465 e. The summed E-state index contributed by atoms with van der Waals surface area (Å²) in [6, 6.07) is 0.171. The number of nitrogens with zero attached hydrogens (tertiary/aromatic N) is 1. The van der Waals surface area contributed by atoms with Crippen LogP contribution in [0.25, 0.3) is 0 Å². The van der Waals surface area contributed by atoms with Crippen LogP contribution < -0.4 is 5.73 Å². The average molecular weight is 228 g/mol. The number of rotatable bonds is 8. The molecule has 16 heavy (non-hydrogen) atoms. The molecule has 1 unspecified atom stereocenters. The zero-order chi connectivity index (χ0) is 12.0. The summed E-state index contributed by atoms with van der Waals surface area (Å²) in [5.41, 5.74) is 5.83. The standard InChI is InChI=1S/C12H24N2O2/c1-3-5-8-14(10-6-7-10)9-11(13)12(15)16-4-2/h10-11H,3-9,13H2,1-2H3. The zero-order valence-corrected chi connectivity index (χ0v) is 10.4. The van der Waals surface area contributed by atoms with Crippen molar-refractivity contribution in [2.45, 2.75) is 51.6 Å². The summed E-state index contributed by atoms with van der Waals surface area (Å²) in [6.07, 6.45) is 4.85. The number of carbonyl (C=O) groups excluding carboxylic acids is 1. The molecular weight excluding hydrogens is 204 g/mol.